The van der Waals surface area contributed by atoms with Crippen LogP contribution in [0.4, 0.5) is 0 Å². The highest BCUT2D eigenvalue weighted by Gasteiger charge is 2.42. The molecular formula is C14H19NO3S. The van der Waals surface area contributed by atoms with Crippen molar-refractivity contribution < 1.29 is 14.3 Å². The molecule has 5 heteroatoms. The average Bonchev–Trinajstić information content (AvgIpc) is 3.05. The second-order valence-corrected chi connectivity index (χ2v) is 6.03. The summed E-state index contributed by atoms with van der Waals surface area (Å²) in [6.07, 6.45) is 1.96. The highest BCUT2D eigenvalue weighted by molar-refractivity contribution is 7.07. The molecule has 0 aliphatic carbocycles. The summed E-state index contributed by atoms with van der Waals surface area (Å²) in [6, 6.07) is 2.04. The highest BCUT2D eigenvalue weighted by Crippen LogP contribution is 2.31. The number of methoxy groups -OCH3 is 1. The van der Waals surface area contributed by atoms with E-state index in [1.54, 1.807) is 16.2 Å². The van der Waals surface area contributed by atoms with E-state index in [0.717, 1.165) is 6.42 Å². The Balaban J connectivity index is 1.86. The van der Waals surface area contributed by atoms with Gasteiger partial charge in [0, 0.05) is 19.5 Å². The molecule has 0 N–H and O–H groups in total. The number of nitrogens with zero attached hydrogens (tertiary/aromatic N) is 1. The third-order valence-corrected chi connectivity index (χ3v) is 4.44. The van der Waals surface area contributed by atoms with Crippen molar-refractivity contribution in [1.29, 1.82) is 0 Å². The minimum Gasteiger partial charge on any atom is -0.469 e. The molecule has 0 spiro atoms. The molecular weight excluding hydrogens is 262 g/mol. The quantitative estimate of drug-likeness (QED) is 0.794. The number of esters is 1. The molecule has 4 nitrogen and oxygen atoms in total. The van der Waals surface area contributed by atoms with Gasteiger partial charge < -0.3 is 9.64 Å². The van der Waals surface area contributed by atoms with Crippen LogP contribution in [0, 0.1) is 5.41 Å². The zero-order chi connectivity index (χ0) is 13.9. The Hall–Kier alpha value is -1.36. The van der Waals surface area contributed by atoms with Gasteiger partial charge in [-0.2, -0.15) is 11.3 Å². The van der Waals surface area contributed by atoms with Gasteiger partial charge in [0.15, 0.2) is 0 Å². The van der Waals surface area contributed by atoms with Crippen molar-refractivity contribution in [2.24, 2.45) is 5.41 Å². The SMILES string of the molecule is COC(=O)[C@@]1(C)CCN(C(=O)CCc2ccsc2)C1. The third kappa shape index (κ3) is 3.15. The maximum atomic E-state index is 12.1. The number of amides is 1. The lowest BCUT2D eigenvalue weighted by molar-refractivity contribution is -0.151. The zero-order valence-corrected chi connectivity index (χ0v) is 12.2. The van der Waals surface area contributed by atoms with Crippen LogP contribution in [0.15, 0.2) is 16.8 Å². The molecule has 1 aliphatic heterocycles. The van der Waals surface area contributed by atoms with Crippen LogP contribution in [-0.4, -0.2) is 37.0 Å². The van der Waals surface area contributed by atoms with Crippen molar-refractivity contribution in [3.05, 3.63) is 22.4 Å². The predicted octanol–water partition coefficient (Wildman–Crippen LogP) is 2.09. The summed E-state index contributed by atoms with van der Waals surface area (Å²) >= 11 is 1.64. The first-order valence-electron chi connectivity index (χ1n) is 6.42. The Labute approximate surface area is 117 Å². The van der Waals surface area contributed by atoms with Crippen LogP contribution in [0.5, 0.6) is 0 Å². The maximum absolute atomic E-state index is 12.1. The van der Waals surface area contributed by atoms with Crippen LogP contribution in [-0.2, 0) is 20.7 Å². The first-order valence-corrected chi connectivity index (χ1v) is 7.37. The molecule has 1 fully saturated rings. The van der Waals surface area contributed by atoms with Gasteiger partial charge in [-0.05, 0) is 42.2 Å². The van der Waals surface area contributed by atoms with Crippen LogP contribution >= 0.6 is 11.3 Å². The van der Waals surface area contributed by atoms with Crippen molar-refractivity contribution >= 4 is 23.2 Å². The summed E-state index contributed by atoms with van der Waals surface area (Å²) in [5.74, 6) is -0.0977. The van der Waals surface area contributed by atoms with Crippen LogP contribution in [0.2, 0.25) is 0 Å². The standard InChI is InChI=1S/C14H19NO3S/c1-14(13(17)18-2)6-7-15(10-14)12(16)4-3-11-5-8-19-9-11/h5,8-9H,3-4,6-7,10H2,1-2H3/t14-/m0/s1. The lowest BCUT2D eigenvalue weighted by Crippen LogP contribution is -2.35. The number of rotatable bonds is 4. The van der Waals surface area contributed by atoms with E-state index in [2.05, 4.69) is 5.38 Å². The largest absolute Gasteiger partial charge is 0.469 e. The zero-order valence-electron chi connectivity index (χ0n) is 11.3. The fraction of sp³-hybridized carbons (Fsp3) is 0.571. The van der Waals surface area contributed by atoms with Crippen LogP contribution in [0.3, 0.4) is 0 Å². The molecule has 0 saturated carbocycles. The van der Waals surface area contributed by atoms with Gasteiger partial charge >= 0.3 is 5.97 Å². The molecule has 0 aromatic carbocycles. The van der Waals surface area contributed by atoms with Crippen molar-refractivity contribution in [3.63, 3.8) is 0 Å². The summed E-state index contributed by atoms with van der Waals surface area (Å²) in [5, 5.41) is 4.08. The Morgan fingerprint density at radius 2 is 2.32 bits per heavy atom. The van der Waals surface area contributed by atoms with Gasteiger partial charge in [-0.25, -0.2) is 0 Å². The molecule has 1 aliphatic rings. The van der Waals surface area contributed by atoms with E-state index in [-0.39, 0.29) is 11.9 Å². The molecule has 0 bridgehead atoms. The van der Waals surface area contributed by atoms with Gasteiger partial charge in [0.05, 0.1) is 12.5 Å². The van der Waals surface area contributed by atoms with Crippen molar-refractivity contribution in [1.82, 2.24) is 4.90 Å². The molecule has 0 radical (unpaired) electrons. The summed E-state index contributed by atoms with van der Waals surface area (Å²) in [4.78, 5) is 25.6. The average molecular weight is 281 g/mol. The number of aryl methyl sites for hydroxylation is 1. The maximum Gasteiger partial charge on any atom is 0.313 e. The molecule has 1 saturated heterocycles. The van der Waals surface area contributed by atoms with Crippen molar-refractivity contribution in [3.8, 4) is 0 Å². The monoisotopic (exact) mass is 281 g/mol. The molecule has 1 aromatic heterocycles. The van der Waals surface area contributed by atoms with E-state index in [0.29, 0.717) is 25.9 Å². The number of thiophene rings is 1. The lowest BCUT2D eigenvalue weighted by atomic mass is 9.90. The van der Waals surface area contributed by atoms with E-state index in [9.17, 15) is 9.59 Å². The van der Waals surface area contributed by atoms with Crippen molar-refractivity contribution in [2.45, 2.75) is 26.2 Å². The van der Waals surface area contributed by atoms with Gasteiger partial charge in [0.25, 0.3) is 0 Å². The van der Waals surface area contributed by atoms with E-state index >= 15 is 0 Å². The van der Waals surface area contributed by atoms with Gasteiger partial charge in [-0.3, -0.25) is 9.59 Å². The number of likely N-dealkylation sites (tertiary alicyclic amines) is 1. The second-order valence-electron chi connectivity index (χ2n) is 5.25. The van der Waals surface area contributed by atoms with Gasteiger partial charge in [0.1, 0.15) is 0 Å². The van der Waals surface area contributed by atoms with Crippen LogP contribution in [0.1, 0.15) is 25.3 Å². The Kier molecular flexibility index (Phi) is 4.24. The molecule has 19 heavy (non-hydrogen) atoms. The van der Waals surface area contributed by atoms with E-state index in [1.807, 2.05) is 18.4 Å². The van der Waals surface area contributed by atoms with Crippen LogP contribution in [0.25, 0.3) is 0 Å². The van der Waals surface area contributed by atoms with Gasteiger partial charge in [0.2, 0.25) is 5.91 Å². The van der Waals surface area contributed by atoms with E-state index in [4.69, 9.17) is 4.74 Å². The molecule has 0 unspecified atom stereocenters. The number of hydrogen-bond donors (Lipinski definition) is 0. The molecule has 1 atom stereocenters. The molecule has 1 amide bonds. The molecule has 2 heterocycles. The Bertz CT molecular complexity index is 457. The van der Waals surface area contributed by atoms with Crippen molar-refractivity contribution in [2.75, 3.05) is 20.2 Å². The first-order chi connectivity index (χ1) is 9.05. The van der Waals surface area contributed by atoms with Crippen LogP contribution < -0.4 is 0 Å². The third-order valence-electron chi connectivity index (χ3n) is 3.71. The fourth-order valence-corrected chi connectivity index (χ4v) is 3.13. The van der Waals surface area contributed by atoms with E-state index < -0.39 is 5.41 Å². The predicted molar refractivity (Wildman–Crippen MR) is 74.0 cm³/mol. The summed E-state index contributed by atoms with van der Waals surface area (Å²) < 4.78 is 4.81. The number of hydrogen-bond acceptors (Lipinski definition) is 4. The molecule has 104 valence electrons. The fourth-order valence-electron chi connectivity index (χ4n) is 2.43. The summed E-state index contributed by atoms with van der Waals surface area (Å²) in [6.45, 7) is 2.99. The van der Waals surface area contributed by atoms with E-state index in [1.165, 1.54) is 12.7 Å². The molecule has 2 rings (SSSR count). The highest BCUT2D eigenvalue weighted by atomic mass is 32.1. The first kappa shape index (κ1) is 14.1. The topological polar surface area (TPSA) is 46.6 Å². The Morgan fingerprint density at radius 3 is 2.95 bits per heavy atom. The second kappa shape index (κ2) is 5.74. The minimum atomic E-state index is -0.535. The number of carbonyl (C=O) groups excluding carboxylic acids is 2. The normalized spacial score (nSPS) is 22.5. The van der Waals surface area contributed by atoms with Gasteiger partial charge in [-0.1, -0.05) is 0 Å². The minimum absolute atomic E-state index is 0.124. The smallest absolute Gasteiger partial charge is 0.313 e. The molecule has 1 aromatic rings. The summed E-state index contributed by atoms with van der Waals surface area (Å²) in [7, 11) is 1.40. The number of ether oxygens (including phenoxy) is 1. The summed E-state index contributed by atoms with van der Waals surface area (Å²) in [5.41, 5.74) is 0.667. The number of carbonyl (C=O) groups is 2. The lowest BCUT2D eigenvalue weighted by Gasteiger charge is -2.21. The van der Waals surface area contributed by atoms with Gasteiger partial charge in [-0.15, -0.1) is 0 Å². The Morgan fingerprint density at radius 1 is 1.53 bits per heavy atom.